The van der Waals surface area contributed by atoms with Crippen molar-refractivity contribution in [1.29, 1.82) is 0 Å². The minimum atomic E-state index is 0.209. The Kier molecular flexibility index (Phi) is 4.04. The maximum absolute atomic E-state index is 9.55. The Hall–Kier alpha value is -1.62. The van der Waals surface area contributed by atoms with Crippen molar-refractivity contribution in [2.75, 3.05) is 12.4 Å². The molecule has 0 atom stereocenters. The highest BCUT2D eigenvalue weighted by Crippen LogP contribution is 2.31. The third kappa shape index (κ3) is 2.87. The Balaban J connectivity index is 2.61. The highest BCUT2D eigenvalue weighted by molar-refractivity contribution is 9.10. The molecular weight excluding hydrogens is 306 g/mol. The second-order valence-corrected chi connectivity index (χ2v) is 5.34. The minimum Gasteiger partial charge on any atom is -0.508 e. The van der Waals surface area contributed by atoms with Crippen molar-refractivity contribution in [3.8, 4) is 17.1 Å². The lowest BCUT2D eigenvalue weighted by molar-refractivity contribution is 0.475. The van der Waals surface area contributed by atoms with Gasteiger partial charge in [0.05, 0.1) is 10.2 Å². The van der Waals surface area contributed by atoms with Gasteiger partial charge in [0.2, 0.25) is 0 Å². The molecule has 0 aliphatic heterocycles. The molecule has 0 bridgehead atoms. The van der Waals surface area contributed by atoms with Crippen molar-refractivity contribution in [2.24, 2.45) is 0 Å². The van der Waals surface area contributed by atoms with Crippen LogP contribution >= 0.6 is 15.9 Å². The van der Waals surface area contributed by atoms with Crippen molar-refractivity contribution in [2.45, 2.75) is 19.8 Å². The minimum absolute atomic E-state index is 0.209. The molecule has 0 aliphatic rings. The second kappa shape index (κ2) is 5.57. The monoisotopic (exact) mass is 321 g/mol. The molecule has 2 N–H and O–H groups in total. The molecule has 0 amide bonds. The summed E-state index contributed by atoms with van der Waals surface area (Å²) in [7, 11) is 1.82. The SMILES string of the molecule is CNc1nc(-c2cccc(O)c2)nc(C(C)C)c1Br. The van der Waals surface area contributed by atoms with Gasteiger partial charge in [0.25, 0.3) is 0 Å². The zero-order valence-corrected chi connectivity index (χ0v) is 12.7. The largest absolute Gasteiger partial charge is 0.508 e. The van der Waals surface area contributed by atoms with Crippen LogP contribution in [0.1, 0.15) is 25.5 Å². The number of benzene rings is 1. The molecular formula is C14H16BrN3O. The number of aromatic nitrogens is 2. The second-order valence-electron chi connectivity index (χ2n) is 4.55. The number of hydrogen-bond acceptors (Lipinski definition) is 4. The van der Waals surface area contributed by atoms with E-state index in [1.54, 1.807) is 18.2 Å². The molecule has 4 nitrogen and oxygen atoms in total. The van der Waals surface area contributed by atoms with Gasteiger partial charge in [0.15, 0.2) is 5.82 Å². The molecule has 1 aromatic carbocycles. The summed E-state index contributed by atoms with van der Waals surface area (Å²) in [5.41, 5.74) is 1.74. The smallest absolute Gasteiger partial charge is 0.161 e. The molecule has 1 aromatic heterocycles. The number of hydrogen-bond donors (Lipinski definition) is 2. The van der Waals surface area contributed by atoms with Gasteiger partial charge in [-0.05, 0) is 34.0 Å². The van der Waals surface area contributed by atoms with E-state index in [4.69, 9.17) is 0 Å². The topological polar surface area (TPSA) is 58.0 Å². The van der Waals surface area contributed by atoms with Gasteiger partial charge in [-0.25, -0.2) is 9.97 Å². The summed E-state index contributed by atoms with van der Waals surface area (Å²) < 4.78 is 0.883. The van der Waals surface area contributed by atoms with Crippen molar-refractivity contribution >= 4 is 21.7 Å². The van der Waals surface area contributed by atoms with Crippen molar-refractivity contribution in [1.82, 2.24) is 9.97 Å². The van der Waals surface area contributed by atoms with E-state index in [-0.39, 0.29) is 11.7 Å². The summed E-state index contributed by atoms with van der Waals surface area (Å²) in [6.07, 6.45) is 0. The lowest BCUT2D eigenvalue weighted by Crippen LogP contribution is -2.04. The number of halogens is 1. The highest BCUT2D eigenvalue weighted by atomic mass is 79.9. The number of aromatic hydroxyl groups is 1. The lowest BCUT2D eigenvalue weighted by atomic mass is 10.1. The maximum atomic E-state index is 9.55. The lowest BCUT2D eigenvalue weighted by Gasteiger charge is -2.13. The quantitative estimate of drug-likeness (QED) is 0.903. The normalized spacial score (nSPS) is 10.8. The molecule has 0 unspecified atom stereocenters. The molecule has 2 rings (SSSR count). The average molecular weight is 322 g/mol. The first-order valence-corrected chi connectivity index (χ1v) is 6.86. The first-order valence-electron chi connectivity index (χ1n) is 6.07. The van der Waals surface area contributed by atoms with E-state index in [9.17, 15) is 5.11 Å². The van der Waals surface area contributed by atoms with Crippen molar-refractivity contribution < 1.29 is 5.11 Å². The summed E-state index contributed by atoms with van der Waals surface area (Å²) >= 11 is 3.53. The van der Waals surface area contributed by atoms with E-state index in [1.165, 1.54) is 0 Å². The molecule has 0 radical (unpaired) electrons. The van der Waals surface area contributed by atoms with Crippen LogP contribution in [0.15, 0.2) is 28.7 Å². The third-order valence-corrected chi connectivity index (χ3v) is 3.55. The fourth-order valence-electron chi connectivity index (χ4n) is 1.79. The summed E-state index contributed by atoms with van der Waals surface area (Å²) in [5.74, 6) is 1.84. The van der Waals surface area contributed by atoms with E-state index in [2.05, 4.69) is 45.1 Å². The predicted octanol–water partition coefficient (Wildman–Crippen LogP) is 3.78. The van der Waals surface area contributed by atoms with E-state index < -0.39 is 0 Å². The highest BCUT2D eigenvalue weighted by Gasteiger charge is 2.15. The van der Waals surface area contributed by atoms with Gasteiger partial charge in [-0.2, -0.15) is 0 Å². The van der Waals surface area contributed by atoms with E-state index in [0.717, 1.165) is 21.5 Å². The number of rotatable bonds is 3. The van der Waals surface area contributed by atoms with Crippen LogP contribution in [0.25, 0.3) is 11.4 Å². The van der Waals surface area contributed by atoms with Crippen LogP contribution in [-0.2, 0) is 0 Å². The van der Waals surface area contributed by atoms with E-state index >= 15 is 0 Å². The van der Waals surface area contributed by atoms with Gasteiger partial charge in [-0.1, -0.05) is 26.0 Å². The van der Waals surface area contributed by atoms with Gasteiger partial charge >= 0.3 is 0 Å². The number of nitrogens with zero attached hydrogens (tertiary/aromatic N) is 2. The van der Waals surface area contributed by atoms with Gasteiger partial charge in [0.1, 0.15) is 11.6 Å². The number of anilines is 1. The molecule has 19 heavy (non-hydrogen) atoms. The Morgan fingerprint density at radius 1 is 1.26 bits per heavy atom. The molecule has 5 heteroatoms. The molecule has 0 saturated carbocycles. The zero-order valence-electron chi connectivity index (χ0n) is 11.1. The molecule has 0 aliphatic carbocycles. The van der Waals surface area contributed by atoms with Crippen LogP contribution in [0.4, 0.5) is 5.82 Å². The van der Waals surface area contributed by atoms with Crippen LogP contribution in [-0.4, -0.2) is 22.1 Å². The molecule has 0 fully saturated rings. The Bertz CT molecular complexity index is 599. The first kappa shape index (κ1) is 13.8. The van der Waals surface area contributed by atoms with Gasteiger partial charge < -0.3 is 10.4 Å². The average Bonchev–Trinajstić information content (AvgIpc) is 2.38. The fraction of sp³-hybridized carbons (Fsp3) is 0.286. The maximum Gasteiger partial charge on any atom is 0.161 e. The standard InChI is InChI=1S/C14H16BrN3O/c1-8(2)12-11(15)14(16-3)18-13(17-12)9-5-4-6-10(19)7-9/h4-8,19H,1-3H3,(H,16,17,18). The van der Waals surface area contributed by atoms with E-state index in [1.807, 2.05) is 13.1 Å². The number of nitrogens with one attached hydrogen (secondary N) is 1. The Morgan fingerprint density at radius 2 is 2.00 bits per heavy atom. The summed E-state index contributed by atoms with van der Waals surface area (Å²) in [5, 5.41) is 12.6. The predicted molar refractivity (Wildman–Crippen MR) is 80.5 cm³/mol. The number of phenols is 1. The molecule has 100 valence electrons. The van der Waals surface area contributed by atoms with Crippen LogP contribution < -0.4 is 5.32 Å². The van der Waals surface area contributed by atoms with Gasteiger partial charge in [0, 0.05) is 12.6 Å². The molecule has 0 spiro atoms. The van der Waals surface area contributed by atoms with Crippen LogP contribution in [0.2, 0.25) is 0 Å². The Morgan fingerprint density at radius 3 is 2.58 bits per heavy atom. The van der Waals surface area contributed by atoms with Crippen molar-refractivity contribution in [3.05, 3.63) is 34.4 Å². The Labute approximate surface area is 121 Å². The van der Waals surface area contributed by atoms with Gasteiger partial charge in [-0.3, -0.25) is 0 Å². The summed E-state index contributed by atoms with van der Waals surface area (Å²) in [6, 6.07) is 6.95. The summed E-state index contributed by atoms with van der Waals surface area (Å²) in [6.45, 7) is 4.16. The van der Waals surface area contributed by atoms with Crippen LogP contribution in [0.5, 0.6) is 5.75 Å². The molecule has 0 saturated heterocycles. The zero-order chi connectivity index (χ0) is 14.0. The third-order valence-electron chi connectivity index (χ3n) is 2.76. The first-order chi connectivity index (χ1) is 9.02. The fourth-order valence-corrected chi connectivity index (χ4v) is 2.62. The van der Waals surface area contributed by atoms with Gasteiger partial charge in [-0.15, -0.1) is 0 Å². The van der Waals surface area contributed by atoms with Crippen molar-refractivity contribution in [3.63, 3.8) is 0 Å². The molecule has 2 aromatic rings. The van der Waals surface area contributed by atoms with Crippen LogP contribution in [0.3, 0.4) is 0 Å². The van der Waals surface area contributed by atoms with Crippen LogP contribution in [0, 0.1) is 0 Å². The molecule has 1 heterocycles. The summed E-state index contributed by atoms with van der Waals surface area (Å²) in [4.78, 5) is 9.05. The van der Waals surface area contributed by atoms with E-state index in [0.29, 0.717) is 5.82 Å². The number of phenolic OH excluding ortho intramolecular Hbond substituents is 1.